The first kappa shape index (κ1) is 92.6. The van der Waals surface area contributed by atoms with Crippen LogP contribution in [0.3, 0.4) is 0 Å². The van der Waals surface area contributed by atoms with E-state index in [1.807, 2.05) is 20.8 Å². The Morgan fingerprint density at radius 1 is 0.670 bits per heavy atom. The monoisotopic (exact) mass is 1610 g/mol. The number of halogens is 14. The second kappa shape index (κ2) is 35.7. The van der Waals surface area contributed by atoms with Crippen LogP contribution in [-0.2, 0) is 56.2 Å². The van der Waals surface area contributed by atoms with Crippen molar-refractivity contribution in [1.82, 2.24) is 63.9 Å². The van der Waals surface area contributed by atoms with Gasteiger partial charge in [-0.1, -0.05) is 25.4 Å². The van der Waals surface area contributed by atoms with Crippen molar-refractivity contribution < 1.29 is 208 Å². The molecule has 0 radical (unpaired) electrons. The van der Waals surface area contributed by atoms with Crippen LogP contribution in [0.25, 0.3) is 11.6 Å². The first-order valence-electron chi connectivity index (χ1n) is 28.6. The fourth-order valence-electron chi connectivity index (χ4n) is 10.7. The SMILES string of the molecule is C[C@@H]1CN(c2nc(-n3ccc(OCCC4(C(F)(F)F)CC4)n3)ccc2C(=O)NS(=O)(=O)c2cn(C)nc2C(F)(F)F)C(C)(C)C1.C[C@@H]1CNC(C)(C)C1.Cl.Cn1cc(S(=O)(=O)NC(=O)c2ccc(-n3ccc(OCCC4(C(F)(F)F)CC4)n3)nc2Cl)c(C(F)(F)F)n1.O=CO[O-].S.S.[H-].[K+].[K+]. The first-order chi connectivity index (χ1) is 43.8. The summed E-state index contributed by atoms with van der Waals surface area (Å²) in [6.07, 6.45) is -12.9. The second-order valence-corrected chi connectivity index (χ2v) is 28.1. The zero-order valence-corrected chi connectivity index (χ0v) is 66.5. The Kier molecular flexibility index (Phi) is 33.1. The Morgan fingerprint density at radius 2 is 1.07 bits per heavy atom. The number of ether oxygens (including phenoxy) is 2. The summed E-state index contributed by atoms with van der Waals surface area (Å²) in [4.78, 5) is 45.0. The first-order valence-corrected chi connectivity index (χ1v) is 31.9. The minimum absolute atomic E-state index is 0. The van der Waals surface area contributed by atoms with Crippen molar-refractivity contribution in [2.75, 3.05) is 31.2 Å². The summed E-state index contributed by atoms with van der Waals surface area (Å²) in [6, 6.07) is 7.70. The van der Waals surface area contributed by atoms with Crippen molar-refractivity contribution in [1.29, 1.82) is 0 Å². The third kappa shape index (κ3) is 23.5. The molecule has 0 bridgehead atoms. The van der Waals surface area contributed by atoms with Crippen LogP contribution in [-0.4, -0.2) is 134 Å². The van der Waals surface area contributed by atoms with E-state index in [1.165, 1.54) is 65.1 Å². The molecule has 3 N–H and O–H groups in total. The standard InChI is InChI=1S/C27H31F6N7O4S.C20H17ClF6N6O4S.C7H15N.CH2O3.ClH.2K.2H2S.H/c1-16-13-24(2,3)39(14-16)22-17(23(41)37-45(42,43)18-15-38(4)36-21(18)26(28,29)30)5-6-19(34-22)40-11-7-20(35-40)44-12-10-25(8-9-25)27(31,32)33;1-32-10-12(15(30-32)19(22,23)24)38(35,36)31-17(34)11-2-3-13(28-16(11)21)33-8-4-14(29-33)37-9-7-18(5-6-18)20(25,26)27;1-6-4-7(2,3)8-5-6;2-1-4-3;;;;;;/h5-7,11,15-16H,8-10,12-14H2,1-4H3,(H,37,41);2-4,8,10H,5-7,9H2,1H3,(H,31,34);6,8H,4-5H2,1-3H3;1,3H;1H;;;2*1H2;/q;;;;;2*+1;;;-1/p-1/t16-;;6-;;;;;;;/m0.0......./s1. The summed E-state index contributed by atoms with van der Waals surface area (Å²) >= 11 is 6.01. The number of carbonyl (C=O) groups excluding carboxylic acids is 3. The number of alkyl halides is 12. The molecule has 4 aliphatic rings. The van der Waals surface area contributed by atoms with Crippen molar-refractivity contribution in [3.8, 4) is 23.4 Å². The number of sulfonamides is 2. The van der Waals surface area contributed by atoms with Gasteiger partial charge in [0.2, 0.25) is 11.8 Å². The van der Waals surface area contributed by atoms with E-state index in [4.69, 9.17) is 31.1 Å². The van der Waals surface area contributed by atoms with E-state index < -0.39 is 105 Å². The number of aromatic nitrogens is 10. The van der Waals surface area contributed by atoms with Gasteiger partial charge in [0, 0.05) is 68.6 Å². The molecule has 25 nitrogen and oxygen atoms in total. The van der Waals surface area contributed by atoms with Gasteiger partial charge in [0.1, 0.15) is 20.8 Å². The molecule has 100 heavy (non-hydrogen) atoms. The van der Waals surface area contributed by atoms with Gasteiger partial charge in [-0.05, 0) is 122 Å². The van der Waals surface area contributed by atoms with Crippen LogP contribution in [0.15, 0.2) is 71.0 Å². The van der Waals surface area contributed by atoms with Crippen LogP contribution in [0.1, 0.15) is 126 Å². The van der Waals surface area contributed by atoms with Gasteiger partial charge in [0.25, 0.3) is 38.3 Å². The van der Waals surface area contributed by atoms with E-state index >= 15 is 0 Å². The Morgan fingerprint density at radius 3 is 1.39 bits per heavy atom. The van der Waals surface area contributed by atoms with Gasteiger partial charge in [-0.3, -0.25) is 23.7 Å². The van der Waals surface area contributed by atoms with Gasteiger partial charge in [-0.25, -0.2) is 45.6 Å². The maximum atomic E-state index is 13.5. The molecule has 0 unspecified atom stereocenters. The molecule has 6 aromatic heterocycles. The van der Waals surface area contributed by atoms with Crippen molar-refractivity contribution in [2.24, 2.45) is 36.8 Å². The number of nitrogens with one attached hydrogen (secondary N) is 3. The zero-order valence-electron chi connectivity index (χ0n) is 56.0. The van der Waals surface area contributed by atoms with Crippen molar-refractivity contribution in [3.05, 3.63) is 88.9 Å². The molecule has 550 valence electrons. The third-order valence-corrected chi connectivity index (χ3v) is 18.6. The van der Waals surface area contributed by atoms with Gasteiger partial charge in [0.05, 0.1) is 35.2 Å². The van der Waals surface area contributed by atoms with E-state index in [1.54, 1.807) is 9.62 Å². The number of nitrogens with zero attached hydrogens (tertiary/aromatic N) is 11. The second-order valence-electron chi connectivity index (χ2n) is 24.4. The molecule has 2 aliphatic carbocycles. The van der Waals surface area contributed by atoms with Crippen LogP contribution >= 0.6 is 51.0 Å². The Labute approximate surface area is 677 Å². The summed E-state index contributed by atoms with van der Waals surface area (Å²) in [5.41, 5.74) is -7.63. The maximum absolute atomic E-state index is 13.5. The third-order valence-electron chi connectivity index (χ3n) is 15.7. The van der Waals surface area contributed by atoms with Gasteiger partial charge in [-0.15, -0.1) is 22.6 Å². The summed E-state index contributed by atoms with van der Waals surface area (Å²) in [6.45, 7) is 13.6. The zero-order chi connectivity index (χ0) is 70.9. The Bertz CT molecular complexity index is 4010. The number of amides is 2. The predicted octanol–water partition coefficient (Wildman–Crippen LogP) is 3.37. The topological polar surface area (TPSA) is 307 Å². The maximum Gasteiger partial charge on any atom is 1.00 e. The van der Waals surface area contributed by atoms with E-state index in [0.29, 0.717) is 40.3 Å². The molecular formula is C55H70Cl2F12K2N14O11S4. The van der Waals surface area contributed by atoms with E-state index in [2.05, 4.69) is 61.3 Å². The summed E-state index contributed by atoms with van der Waals surface area (Å²) in [5.74, 6) is -1.19. The summed E-state index contributed by atoms with van der Waals surface area (Å²) < 4.78 is 227. The largest absolute Gasteiger partial charge is 1.00 e. The molecule has 2 aliphatic heterocycles. The van der Waals surface area contributed by atoms with Gasteiger partial charge in [-0.2, -0.15) is 89.9 Å². The fourth-order valence-corrected chi connectivity index (χ4v) is 13.2. The number of aryl methyl sites for hydroxylation is 2. The minimum Gasteiger partial charge on any atom is -1.00 e. The predicted molar refractivity (Wildman–Crippen MR) is 336 cm³/mol. The van der Waals surface area contributed by atoms with Crippen molar-refractivity contribution in [2.45, 2.75) is 138 Å². The van der Waals surface area contributed by atoms with Gasteiger partial charge in [0.15, 0.2) is 23.0 Å². The van der Waals surface area contributed by atoms with Gasteiger partial charge >= 0.3 is 127 Å². The van der Waals surface area contributed by atoms with Crippen LogP contribution in [0.5, 0.6) is 11.8 Å². The number of hydrogen-bond donors (Lipinski definition) is 3. The molecule has 4 fully saturated rings. The van der Waals surface area contributed by atoms with Crippen molar-refractivity contribution in [3.63, 3.8) is 0 Å². The quantitative estimate of drug-likeness (QED) is 0.0277. The number of pyridine rings is 2. The molecule has 0 aromatic carbocycles. The molecule has 2 atom stereocenters. The molecule has 2 saturated heterocycles. The molecular weight excluding hydrogens is 1540 g/mol. The Balaban J connectivity index is 0.000000830. The molecule has 2 saturated carbocycles. The summed E-state index contributed by atoms with van der Waals surface area (Å²) in [5, 5.41) is 25.9. The average molecular weight is 1610 g/mol. The van der Waals surface area contributed by atoms with Crippen molar-refractivity contribution >= 4 is 95.2 Å². The molecule has 0 spiro atoms. The smallest absolute Gasteiger partial charge is 1.00 e. The van der Waals surface area contributed by atoms with Crippen LogP contribution in [0.4, 0.5) is 58.5 Å². The van der Waals surface area contributed by atoms with Crippen LogP contribution < -0.4 is 137 Å². The van der Waals surface area contributed by atoms with Crippen LogP contribution in [0, 0.1) is 22.7 Å². The molecule has 6 aromatic rings. The summed E-state index contributed by atoms with van der Waals surface area (Å²) in [7, 11) is -7.82. The van der Waals surface area contributed by atoms with Gasteiger partial charge < -0.3 is 31.3 Å². The minimum atomic E-state index is -5.10. The van der Waals surface area contributed by atoms with E-state index in [-0.39, 0.29) is 242 Å². The number of hydrogen-bond acceptors (Lipinski definition) is 19. The Hall–Kier alpha value is -3.52. The van der Waals surface area contributed by atoms with Crippen LogP contribution in [0.2, 0.25) is 5.15 Å². The van der Waals surface area contributed by atoms with E-state index in [9.17, 15) is 79.1 Å². The number of anilines is 1. The number of rotatable bonds is 18. The molecule has 45 heteroatoms. The average Bonchev–Trinajstić information content (AvgIpc) is 1.69. The molecule has 10 rings (SSSR count). The number of carbonyl (C=O) groups is 3. The molecule has 8 heterocycles. The molecule has 2 amide bonds. The van der Waals surface area contributed by atoms with E-state index in [0.717, 1.165) is 30.8 Å². The normalized spacial score (nSPS) is 17.7. The fraction of sp³-hybridized carbons (Fsp3) is 0.545.